The molecule has 4 rings (SSSR count). The Morgan fingerprint density at radius 3 is 1.58 bits per heavy atom. The molecule has 0 fully saturated rings. The summed E-state index contributed by atoms with van der Waals surface area (Å²) in [4.78, 5) is 0. The van der Waals surface area contributed by atoms with Crippen molar-refractivity contribution in [1.82, 2.24) is 0 Å². The lowest BCUT2D eigenvalue weighted by Gasteiger charge is -2.31. The molecule has 3 heteroatoms. The maximum atomic E-state index is 10.2. The third-order valence-corrected chi connectivity index (χ3v) is 4.67. The first-order valence-electron chi connectivity index (χ1n) is 12.3. The van der Waals surface area contributed by atoms with Crippen LogP contribution in [0.5, 0.6) is 5.75 Å². The minimum Gasteiger partial charge on any atom is -0.508 e. The number of hydrogen-bond acceptors (Lipinski definition) is 3. The van der Waals surface area contributed by atoms with E-state index in [4.69, 9.17) is 0 Å². The Kier molecular flexibility index (Phi) is 10.3. The van der Waals surface area contributed by atoms with Crippen LogP contribution in [0.4, 0.5) is 11.4 Å². The third-order valence-electron chi connectivity index (χ3n) is 4.67. The summed E-state index contributed by atoms with van der Waals surface area (Å²) in [5, 5.41) is 19.8. The van der Waals surface area contributed by atoms with Crippen molar-refractivity contribution in [1.29, 1.82) is 0 Å². The molecule has 0 atom stereocenters. The number of hydrogen-bond donors (Lipinski definition) is 3. The van der Waals surface area contributed by atoms with Crippen molar-refractivity contribution in [3.8, 4) is 5.75 Å². The second kappa shape index (κ2) is 12.0. The van der Waals surface area contributed by atoms with E-state index in [2.05, 4.69) is 102 Å². The van der Waals surface area contributed by atoms with Gasteiger partial charge in [0, 0.05) is 16.8 Å². The summed E-state index contributed by atoms with van der Waals surface area (Å²) in [7, 11) is 0. The van der Waals surface area contributed by atoms with Gasteiger partial charge in [0.1, 0.15) is 11.9 Å². The second-order valence-electron chi connectivity index (χ2n) is 10.5. The smallest absolute Gasteiger partial charge is 0.123 e. The van der Waals surface area contributed by atoms with Gasteiger partial charge in [0.05, 0.1) is 0 Å². The highest BCUT2D eigenvalue weighted by Gasteiger charge is 2.23. The average molecular weight is 451 g/mol. The fraction of sp³-hybridized carbons (Fsp3) is 0.467. The molecule has 1 heterocycles. The van der Waals surface area contributed by atoms with Crippen molar-refractivity contribution in [3.05, 3.63) is 65.7 Å². The highest BCUT2D eigenvalue weighted by atomic mass is 16.3. The van der Waals surface area contributed by atoms with Gasteiger partial charge in [-0.05, 0) is 51.6 Å². The molecule has 3 N–H and O–H groups in total. The van der Waals surface area contributed by atoms with Gasteiger partial charge >= 0.3 is 0 Å². The van der Waals surface area contributed by atoms with Gasteiger partial charge in [0.2, 0.25) is 0 Å². The van der Waals surface area contributed by atoms with Crippen LogP contribution in [0, 0.1) is 5.41 Å². The number of benzene rings is 3. The molecule has 3 aromatic rings. The maximum Gasteiger partial charge on any atom is 0.123 e. The van der Waals surface area contributed by atoms with E-state index in [-0.39, 0.29) is 11.6 Å². The molecule has 0 bridgehead atoms. The molecule has 3 aromatic carbocycles. The molecule has 0 aliphatic carbocycles. The lowest BCUT2D eigenvalue weighted by atomic mass is 9.85. The Labute approximate surface area is 202 Å². The number of phenols is 1. The molecule has 3 nitrogen and oxygen atoms in total. The predicted molar refractivity (Wildman–Crippen MR) is 149 cm³/mol. The predicted octanol–water partition coefficient (Wildman–Crippen LogP) is 9.48. The number of nitrogens with one attached hydrogen (secondary N) is 2. The summed E-state index contributed by atoms with van der Waals surface area (Å²) in [6.45, 7) is 23.1. The molecule has 0 amide bonds. The van der Waals surface area contributed by atoms with Crippen molar-refractivity contribution >= 4 is 22.1 Å². The van der Waals surface area contributed by atoms with Crippen molar-refractivity contribution in [2.75, 3.05) is 10.6 Å². The molecule has 182 valence electrons. The molecule has 0 saturated heterocycles. The summed E-state index contributed by atoms with van der Waals surface area (Å²) < 4.78 is 0. The lowest BCUT2D eigenvalue weighted by Crippen LogP contribution is -2.24. The van der Waals surface area contributed by atoms with Crippen LogP contribution in [0.15, 0.2) is 54.6 Å². The molecule has 0 spiro atoms. The fourth-order valence-corrected chi connectivity index (χ4v) is 3.43. The zero-order chi connectivity index (χ0) is 25.4. The first-order chi connectivity index (χ1) is 15.4. The molecule has 33 heavy (non-hydrogen) atoms. The van der Waals surface area contributed by atoms with Crippen LogP contribution in [0.25, 0.3) is 10.8 Å². The SMILES string of the molecule is CC.CC.CC(C)(C)C.CC(C)(C)c1cc(C2Nc3cccc4cccc(c34)N2)ccc1O. The Balaban J connectivity index is 0.000000529. The minimum atomic E-state index is -0.104. The molecular formula is C30H46N2O. The molecule has 0 aromatic heterocycles. The van der Waals surface area contributed by atoms with E-state index in [1.165, 1.54) is 10.8 Å². The van der Waals surface area contributed by atoms with Gasteiger partial charge in [-0.1, -0.05) is 106 Å². The molecule has 0 saturated carbocycles. The van der Waals surface area contributed by atoms with Gasteiger partial charge in [-0.2, -0.15) is 0 Å². The Morgan fingerprint density at radius 2 is 1.15 bits per heavy atom. The standard InChI is InChI=1S/C21H22N2O.C5H12.2C2H6/c1-21(2,3)15-12-14(10-11-18(15)24)20-22-16-8-4-6-13-7-5-9-17(23-20)19(13)16;1-5(2,3)4;2*1-2/h4-12,20,22-24H,1-3H3;1-4H3;2*1-2H3. The van der Waals surface area contributed by atoms with Gasteiger partial charge in [-0.25, -0.2) is 0 Å². The van der Waals surface area contributed by atoms with Gasteiger partial charge in [0.15, 0.2) is 0 Å². The third kappa shape index (κ3) is 7.99. The minimum absolute atomic E-state index is 0.0211. The summed E-state index contributed by atoms with van der Waals surface area (Å²) in [5.41, 5.74) is 4.74. The molecule has 1 aliphatic heterocycles. The molecule has 0 unspecified atom stereocenters. The monoisotopic (exact) mass is 450 g/mol. The topological polar surface area (TPSA) is 44.3 Å². The highest BCUT2D eigenvalue weighted by Crippen LogP contribution is 2.40. The van der Waals surface area contributed by atoms with Crippen LogP contribution < -0.4 is 10.6 Å². The van der Waals surface area contributed by atoms with Crippen LogP contribution in [0.3, 0.4) is 0 Å². The van der Waals surface area contributed by atoms with E-state index in [1.54, 1.807) is 6.07 Å². The zero-order valence-corrected chi connectivity index (χ0v) is 22.7. The van der Waals surface area contributed by atoms with Crippen molar-refractivity contribution < 1.29 is 5.11 Å². The average Bonchev–Trinajstić information content (AvgIpc) is 2.75. The highest BCUT2D eigenvalue weighted by molar-refractivity contribution is 6.04. The largest absolute Gasteiger partial charge is 0.508 e. The fourth-order valence-electron chi connectivity index (χ4n) is 3.43. The van der Waals surface area contributed by atoms with Crippen molar-refractivity contribution in [2.45, 2.75) is 87.7 Å². The van der Waals surface area contributed by atoms with Crippen LogP contribution >= 0.6 is 0 Å². The Morgan fingerprint density at radius 1 is 0.697 bits per heavy atom. The molecule has 0 radical (unpaired) electrons. The van der Waals surface area contributed by atoms with E-state index in [1.807, 2.05) is 33.8 Å². The Hall–Kier alpha value is -2.68. The summed E-state index contributed by atoms with van der Waals surface area (Å²) in [6.07, 6.45) is -0.0211. The van der Waals surface area contributed by atoms with Gasteiger partial charge in [-0.3, -0.25) is 0 Å². The molecule has 1 aliphatic rings. The van der Waals surface area contributed by atoms with E-state index < -0.39 is 0 Å². The summed E-state index contributed by atoms with van der Waals surface area (Å²) in [6, 6.07) is 18.5. The zero-order valence-electron chi connectivity index (χ0n) is 22.7. The number of anilines is 2. The van der Waals surface area contributed by atoms with Gasteiger partial charge in [0.25, 0.3) is 0 Å². The normalized spacial score (nSPS) is 12.6. The first kappa shape index (κ1) is 28.4. The second-order valence-corrected chi connectivity index (χ2v) is 10.5. The van der Waals surface area contributed by atoms with Crippen molar-refractivity contribution in [3.63, 3.8) is 0 Å². The summed E-state index contributed by atoms with van der Waals surface area (Å²) in [5.74, 6) is 0.351. The van der Waals surface area contributed by atoms with E-state index in [9.17, 15) is 5.11 Å². The van der Waals surface area contributed by atoms with E-state index in [0.29, 0.717) is 11.2 Å². The maximum absolute atomic E-state index is 10.2. The summed E-state index contributed by atoms with van der Waals surface area (Å²) >= 11 is 0. The Bertz CT molecular complexity index is 963. The molecular weight excluding hydrogens is 404 g/mol. The number of aromatic hydroxyl groups is 1. The van der Waals surface area contributed by atoms with E-state index >= 15 is 0 Å². The van der Waals surface area contributed by atoms with Crippen LogP contribution in [-0.4, -0.2) is 5.11 Å². The van der Waals surface area contributed by atoms with Gasteiger partial charge < -0.3 is 15.7 Å². The quantitative estimate of drug-likeness (QED) is 0.346. The van der Waals surface area contributed by atoms with Gasteiger partial charge in [-0.15, -0.1) is 0 Å². The van der Waals surface area contributed by atoms with E-state index in [0.717, 1.165) is 22.5 Å². The number of rotatable bonds is 1. The van der Waals surface area contributed by atoms with Crippen LogP contribution in [0.2, 0.25) is 0 Å². The van der Waals surface area contributed by atoms with Crippen LogP contribution in [0.1, 0.15) is 93.5 Å². The lowest BCUT2D eigenvalue weighted by molar-refractivity contribution is 0.446. The van der Waals surface area contributed by atoms with Crippen LogP contribution in [-0.2, 0) is 5.41 Å². The number of phenolic OH excluding ortho intramolecular Hbond substituents is 1. The van der Waals surface area contributed by atoms with Crippen molar-refractivity contribution in [2.24, 2.45) is 5.41 Å². The first-order valence-corrected chi connectivity index (χ1v) is 12.3.